The lowest BCUT2D eigenvalue weighted by atomic mass is 10.1. The average Bonchev–Trinajstić information content (AvgIpc) is 3.10. The third-order valence-corrected chi connectivity index (χ3v) is 4.77. The fourth-order valence-corrected chi connectivity index (χ4v) is 3.46. The van der Waals surface area contributed by atoms with Crippen molar-refractivity contribution in [3.8, 4) is 5.75 Å². The van der Waals surface area contributed by atoms with E-state index in [2.05, 4.69) is 21.6 Å². The van der Waals surface area contributed by atoms with Crippen molar-refractivity contribution in [3.05, 3.63) is 23.8 Å². The van der Waals surface area contributed by atoms with Crippen LogP contribution in [0.25, 0.3) is 0 Å². The number of benzene rings is 1. The number of fused-ring (bicyclic) bond motifs is 2. The zero-order valence-electron chi connectivity index (χ0n) is 15.5. The van der Waals surface area contributed by atoms with E-state index in [1.807, 2.05) is 12.1 Å². The largest absolute Gasteiger partial charge is 0.491 e. The molecular formula is C19H29N3O4. The van der Waals surface area contributed by atoms with Crippen LogP contribution < -0.4 is 15.4 Å². The van der Waals surface area contributed by atoms with E-state index in [0.717, 1.165) is 42.9 Å². The highest BCUT2D eigenvalue weighted by molar-refractivity contribution is 5.82. The second-order valence-electron chi connectivity index (χ2n) is 6.62. The van der Waals surface area contributed by atoms with Crippen LogP contribution in [-0.4, -0.2) is 70.0 Å². The number of methoxy groups -OCH3 is 1. The zero-order valence-corrected chi connectivity index (χ0v) is 15.5. The monoisotopic (exact) mass is 363 g/mol. The van der Waals surface area contributed by atoms with E-state index < -0.39 is 0 Å². The molecular weight excluding hydrogens is 334 g/mol. The summed E-state index contributed by atoms with van der Waals surface area (Å²) in [6.45, 7) is 5.10. The number of rotatable bonds is 4. The van der Waals surface area contributed by atoms with Crippen LogP contribution in [0.3, 0.4) is 0 Å². The molecule has 1 saturated heterocycles. The number of carbonyl (C=O) groups is 1. The minimum Gasteiger partial charge on any atom is -0.491 e. The fourth-order valence-electron chi connectivity index (χ4n) is 3.46. The maximum atomic E-state index is 12.5. The molecule has 1 fully saturated rings. The highest BCUT2D eigenvalue weighted by atomic mass is 16.5. The number of carbonyl (C=O) groups excluding carboxylic acids is 1. The molecule has 2 heterocycles. The second-order valence-corrected chi connectivity index (χ2v) is 6.62. The second kappa shape index (κ2) is 9.75. The summed E-state index contributed by atoms with van der Waals surface area (Å²) in [6, 6.07) is 6.05. The minimum atomic E-state index is -0.0753. The molecule has 7 nitrogen and oxygen atoms in total. The topological polar surface area (TPSA) is 72.1 Å². The van der Waals surface area contributed by atoms with E-state index in [9.17, 15) is 4.79 Å². The first-order valence-electron chi connectivity index (χ1n) is 9.36. The summed E-state index contributed by atoms with van der Waals surface area (Å²) < 4.78 is 16.6. The van der Waals surface area contributed by atoms with Crippen molar-refractivity contribution in [2.24, 2.45) is 0 Å². The number of hydrogen-bond acceptors (Lipinski definition) is 6. The van der Waals surface area contributed by atoms with Gasteiger partial charge >= 0.3 is 0 Å². The van der Waals surface area contributed by atoms with E-state index in [1.54, 1.807) is 7.11 Å². The molecule has 2 aliphatic heterocycles. The summed E-state index contributed by atoms with van der Waals surface area (Å²) in [5.41, 5.74) is 2.12. The fraction of sp³-hybridized carbons (Fsp3) is 0.632. The molecule has 2 aliphatic rings. The van der Waals surface area contributed by atoms with Crippen molar-refractivity contribution in [2.45, 2.75) is 25.4 Å². The lowest BCUT2D eigenvalue weighted by Crippen LogP contribution is -2.43. The smallest absolute Gasteiger partial charge is 0.237 e. The predicted octanol–water partition coefficient (Wildman–Crippen LogP) is 1.23. The summed E-state index contributed by atoms with van der Waals surface area (Å²) in [7, 11) is 1.69. The van der Waals surface area contributed by atoms with E-state index in [4.69, 9.17) is 14.2 Å². The van der Waals surface area contributed by atoms with Crippen LogP contribution in [0, 0.1) is 0 Å². The first-order valence-corrected chi connectivity index (χ1v) is 9.36. The number of anilines is 1. The van der Waals surface area contributed by atoms with Gasteiger partial charge in [0.2, 0.25) is 5.91 Å². The SMILES string of the molecule is COCCNc1ccc2c(c1)CN1CCCC1C(=O)NCCOCCO2. The summed E-state index contributed by atoms with van der Waals surface area (Å²) in [5, 5.41) is 6.35. The first-order chi connectivity index (χ1) is 12.8. The van der Waals surface area contributed by atoms with E-state index in [1.165, 1.54) is 0 Å². The molecule has 0 saturated carbocycles. The van der Waals surface area contributed by atoms with Crippen LogP contribution >= 0.6 is 0 Å². The number of nitrogens with zero attached hydrogens (tertiary/aromatic N) is 1. The summed E-state index contributed by atoms with van der Waals surface area (Å²) in [5.74, 6) is 0.957. The maximum Gasteiger partial charge on any atom is 0.237 e. The van der Waals surface area contributed by atoms with E-state index >= 15 is 0 Å². The molecule has 1 aromatic rings. The van der Waals surface area contributed by atoms with Gasteiger partial charge < -0.3 is 24.8 Å². The first kappa shape index (κ1) is 18.9. The molecule has 0 aromatic heterocycles. The van der Waals surface area contributed by atoms with Gasteiger partial charge in [-0.05, 0) is 37.6 Å². The van der Waals surface area contributed by atoms with Crippen LogP contribution in [0.15, 0.2) is 18.2 Å². The molecule has 1 unspecified atom stereocenters. The van der Waals surface area contributed by atoms with Crippen LogP contribution in [0.1, 0.15) is 18.4 Å². The summed E-state index contributed by atoms with van der Waals surface area (Å²) >= 11 is 0. The Balaban J connectivity index is 1.78. The Hall–Kier alpha value is -1.83. The lowest BCUT2D eigenvalue weighted by molar-refractivity contribution is -0.125. The molecule has 0 bridgehead atoms. The van der Waals surface area contributed by atoms with Gasteiger partial charge in [-0.1, -0.05) is 0 Å². The average molecular weight is 363 g/mol. The third kappa shape index (κ3) is 5.09. The van der Waals surface area contributed by atoms with Crippen LogP contribution in [0.4, 0.5) is 5.69 Å². The summed E-state index contributed by atoms with van der Waals surface area (Å²) in [6.07, 6.45) is 1.94. The minimum absolute atomic E-state index is 0.0753. The molecule has 26 heavy (non-hydrogen) atoms. The van der Waals surface area contributed by atoms with Gasteiger partial charge in [-0.25, -0.2) is 0 Å². The Morgan fingerprint density at radius 2 is 2.27 bits per heavy atom. The number of ether oxygens (including phenoxy) is 3. The van der Waals surface area contributed by atoms with Crippen LogP contribution in [0.2, 0.25) is 0 Å². The Morgan fingerprint density at radius 3 is 3.15 bits per heavy atom. The van der Waals surface area contributed by atoms with Gasteiger partial charge in [0.1, 0.15) is 12.4 Å². The molecule has 0 spiro atoms. The van der Waals surface area contributed by atoms with Crippen LogP contribution in [0.5, 0.6) is 5.75 Å². The van der Waals surface area contributed by atoms with Gasteiger partial charge in [-0.2, -0.15) is 0 Å². The van der Waals surface area contributed by atoms with Crippen molar-refractivity contribution in [2.75, 3.05) is 58.5 Å². The molecule has 7 heteroatoms. The Morgan fingerprint density at radius 1 is 1.35 bits per heavy atom. The quantitative estimate of drug-likeness (QED) is 0.784. The molecule has 144 valence electrons. The van der Waals surface area contributed by atoms with Crippen molar-refractivity contribution in [3.63, 3.8) is 0 Å². The van der Waals surface area contributed by atoms with Gasteiger partial charge in [-0.3, -0.25) is 9.69 Å². The van der Waals surface area contributed by atoms with Crippen molar-refractivity contribution >= 4 is 11.6 Å². The standard InChI is InChI=1S/C19H29N3O4/c1-24-9-6-20-16-4-5-18-15(13-16)14-22-8-2-3-17(22)19(23)21-7-10-25-11-12-26-18/h4-5,13,17,20H,2-3,6-12,14H2,1H3,(H,21,23). The Bertz CT molecular complexity index is 596. The van der Waals surface area contributed by atoms with Gasteiger partial charge in [0.05, 0.1) is 25.9 Å². The van der Waals surface area contributed by atoms with Gasteiger partial charge in [0.15, 0.2) is 0 Å². The normalized spacial score (nSPS) is 22.0. The molecule has 1 atom stereocenters. The highest BCUT2D eigenvalue weighted by Crippen LogP contribution is 2.28. The van der Waals surface area contributed by atoms with E-state index in [-0.39, 0.29) is 11.9 Å². The number of amides is 1. The molecule has 2 N–H and O–H groups in total. The Labute approximate surface area is 155 Å². The van der Waals surface area contributed by atoms with Crippen molar-refractivity contribution in [1.82, 2.24) is 10.2 Å². The Kier molecular flexibility index (Phi) is 7.11. The number of hydrogen-bond donors (Lipinski definition) is 2. The van der Waals surface area contributed by atoms with Gasteiger partial charge in [-0.15, -0.1) is 0 Å². The van der Waals surface area contributed by atoms with Crippen molar-refractivity contribution < 1.29 is 19.0 Å². The van der Waals surface area contributed by atoms with Gasteiger partial charge in [0.25, 0.3) is 0 Å². The highest BCUT2D eigenvalue weighted by Gasteiger charge is 2.31. The summed E-state index contributed by atoms with van der Waals surface area (Å²) in [4.78, 5) is 14.7. The molecule has 3 rings (SSSR count). The maximum absolute atomic E-state index is 12.5. The van der Waals surface area contributed by atoms with Crippen molar-refractivity contribution in [1.29, 1.82) is 0 Å². The number of nitrogens with one attached hydrogen (secondary N) is 2. The van der Waals surface area contributed by atoms with Crippen LogP contribution in [-0.2, 0) is 20.8 Å². The third-order valence-electron chi connectivity index (χ3n) is 4.77. The van der Waals surface area contributed by atoms with E-state index in [0.29, 0.717) is 39.5 Å². The molecule has 0 radical (unpaired) electrons. The predicted molar refractivity (Wildman–Crippen MR) is 99.6 cm³/mol. The lowest BCUT2D eigenvalue weighted by Gasteiger charge is -2.25. The molecule has 0 aliphatic carbocycles. The van der Waals surface area contributed by atoms with Gasteiger partial charge in [0, 0.05) is 38.0 Å². The zero-order chi connectivity index (χ0) is 18.2. The molecule has 1 aromatic carbocycles. The molecule has 1 amide bonds.